The largest absolute Gasteiger partial charge is 0.326 e. The van der Waals surface area contributed by atoms with E-state index in [1.807, 2.05) is 0 Å². The Kier molecular flexibility index (Phi) is 5.03. The summed E-state index contributed by atoms with van der Waals surface area (Å²) in [6.07, 6.45) is 2.54. The number of hydrogen-bond acceptors (Lipinski definition) is 3. The van der Waals surface area contributed by atoms with E-state index in [0.717, 1.165) is 12.5 Å². The van der Waals surface area contributed by atoms with Gasteiger partial charge in [-0.1, -0.05) is 0 Å². The van der Waals surface area contributed by atoms with E-state index in [1.54, 1.807) is 0 Å². The molecule has 1 unspecified atom stereocenters. The van der Waals surface area contributed by atoms with Crippen LogP contribution in [0.1, 0.15) is 26.7 Å². The quantitative estimate of drug-likeness (QED) is 0.756. The molecule has 1 rings (SSSR count). The zero-order chi connectivity index (χ0) is 11.4. The molecular formula is C12H27N3. The van der Waals surface area contributed by atoms with Gasteiger partial charge in [0.25, 0.3) is 0 Å². The van der Waals surface area contributed by atoms with Gasteiger partial charge in [-0.25, -0.2) is 0 Å². The molecule has 1 heterocycles. The molecule has 1 fully saturated rings. The zero-order valence-electron chi connectivity index (χ0n) is 10.7. The van der Waals surface area contributed by atoms with Crippen LogP contribution < -0.4 is 5.73 Å². The number of hydrogen-bond donors (Lipinski definition) is 1. The van der Waals surface area contributed by atoms with Crippen LogP contribution in [0.4, 0.5) is 0 Å². The average molecular weight is 213 g/mol. The van der Waals surface area contributed by atoms with E-state index in [2.05, 4.69) is 37.7 Å². The van der Waals surface area contributed by atoms with E-state index in [4.69, 9.17) is 5.73 Å². The molecule has 0 aromatic heterocycles. The van der Waals surface area contributed by atoms with Gasteiger partial charge in [-0.2, -0.15) is 0 Å². The first kappa shape index (κ1) is 12.9. The van der Waals surface area contributed by atoms with E-state index in [0.29, 0.717) is 12.1 Å². The van der Waals surface area contributed by atoms with Crippen LogP contribution in [0.2, 0.25) is 0 Å². The van der Waals surface area contributed by atoms with Crippen LogP contribution in [0.25, 0.3) is 0 Å². The third kappa shape index (κ3) is 4.09. The number of piperidine rings is 1. The van der Waals surface area contributed by atoms with Crippen molar-refractivity contribution in [1.82, 2.24) is 9.80 Å². The van der Waals surface area contributed by atoms with E-state index in [9.17, 15) is 0 Å². The minimum Gasteiger partial charge on any atom is -0.326 e. The summed E-state index contributed by atoms with van der Waals surface area (Å²) >= 11 is 0. The molecule has 1 aliphatic rings. The van der Waals surface area contributed by atoms with Crippen LogP contribution in [-0.2, 0) is 0 Å². The molecule has 90 valence electrons. The highest BCUT2D eigenvalue weighted by molar-refractivity contribution is 4.82. The molecule has 0 spiro atoms. The minimum absolute atomic E-state index is 0.356. The van der Waals surface area contributed by atoms with Crippen LogP contribution in [0.5, 0.6) is 0 Å². The third-order valence-electron chi connectivity index (χ3n) is 3.49. The van der Waals surface area contributed by atoms with Crippen molar-refractivity contribution in [3.05, 3.63) is 0 Å². The van der Waals surface area contributed by atoms with Crippen molar-refractivity contribution in [1.29, 1.82) is 0 Å². The molecule has 15 heavy (non-hydrogen) atoms. The Morgan fingerprint density at radius 2 is 1.80 bits per heavy atom. The van der Waals surface area contributed by atoms with Crippen LogP contribution in [0, 0.1) is 5.92 Å². The van der Waals surface area contributed by atoms with Crippen LogP contribution >= 0.6 is 0 Å². The van der Waals surface area contributed by atoms with Crippen LogP contribution in [-0.4, -0.2) is 55.6 Å². The first-order chi connectivity index (χ1) is 7.00. The van der Waals surface area contributed by atoms with Gasteiger partial charge in [-0.05, 0) is 59.8 Å². The lowest BCUT2D eigenvalue weighted by atomic mass is 9.89. The van der Waals surface area contributed by atoms with Crippen molar-refractivity contribution < 1.29 is 0 Å². The number of nitrogens with two attached hydrogens (primary N) is 1. The summed E-state index contributed by atoms with van der Waals surface area (Å²) in [4.78, 5) is 4.75. The fraction of sp³-hybridized carbons (Fsp3) is 1.00. The number of likely N-dealkylation sites (tertiary alicyclic amines) is 1. The van der Waals surface area contributed by atoms with Gasteiger partial charge >= 0.3 is 0 Å². The molecule has 0 saturated carbocycles. The minimum atomic E-state index is 0.356. The fourth-order valence-corrected chi connectivity index (χ4v) is 2.43. The summed E-state index contributed by atoms with van der Waals surface area (Å²) in [5.74, 6) is 0.724. The molecular weight excluding hydrogens is 186 g/mol. The highest BCUT2D eigenvalue weighted by Gasteiger charge is 2.25. The fourth-order valence-electron chi connectivity index (χ4n) is 2.43. The van der Waals surface area contributed by atoms with E-state index < -0.39 is 0 Å². The van der Waals surface area contributed by atoms with Gasteiger partial charge in [0, 0.05) is 18.6 Å². The lowest BCUT2D eigenvalue weighted by Gasteiger charge is -2.37. The second kappa shape index (κ2) is 5.83. The van der Waals surface area contributed by atoms with Gasteiger partial charge in [-0.3, -0.25) is 0 Å². The maximum atomic E-state index is 6.21. The maximum absolute atomic E-state index is 6.21. The normalized spacial score (nSPS) is 22.6. The summed E-state index contributed by atoms with van der Waals surface area (Å²) in [7, 11) is 4.20. The summed E-state index contributed by atoms with van der Waals surface area (Å²) in [5.41, 5.74) is 6.21. The molecule has 0 aliphatic carbocycles. The SMILES string of the molecule is CC(C)N1CCC(C(N)CN(C)C)CC1. The molecule has 0 amide bonds. The third-order valence-corrected chi connectivity index (χ3v) is 3.49. The number of rotatable bonds is 4. The summed E-state index contributed by atoms with van der Waals surface area (Å²) in [6, 6.07) is 1.05. The van der Waals surface area contributed by atoms with Crippen molar-refractivity contribution in [2.75, 3.05) is 33.7 Å². The Hall–Kier alpha value is -0.120. The van der Waals surface area contributed by atoms with Crippen molar-refractivity contribution in [2.45, 2.75) is 38.8 Å². The first-order valence-corrected chi connectivity index (χ1v) is 6.15. The highest BCUT2D eigenvalue weighted by atomic mass is 15.2. The molecule has 1 atom stereocenters. The first-order valence-electron chi connectivity index (χ1n) is 6.15. The van der Waals surface area contributed by atoms with Gasteiger partial charge in [0.1, 0.15) is 0 Å². The predicted octanol–water partition coefficient (Wildman–Crippen LogP) is 0.996. The average Bonchev–Trinajstić information content (AvgIpc) is 2.17. The number of nitrogens with zero attached hydrogens (tertiary/aromatic N) is 2. The lowest BCUT2D eigenvalue weighted by molar-refractivity contribution is 0.131. The molecule has 3 heteroatoms. The Balaban J connectivity index is 2.30. The van der Waals surface area contributed by atoms with E-state index in [-0.39, 0.29) is 0 Å². The molecule has 0 radical (unpaired) electrons. The van der Waals surface area contributed by atoms with Gasteiger partial charge < -0.3 is 15.5 Å². The molecule has 1 aliphatic heterocycles. The predicted molar refractivity (Wildman–Crippen MR) is 66.0 cm³/mol. The van der Waals surface area contributed by atoms with Crippen LogP contribution in [0.15, 0.2) is 0 Å². The molecule has 0 aromatic carbocycles. The topological polar surface area (TPSA) is 32.5 Å². The monoisotopic (exact) mass is 213 g/mol. The van der Waals surface area contributed by atoms with E-state index >= 15 is 0 Å². The summed E-state index contributed by atoms with van der Waals surface area (Å²) in [6.45, 7) is 8.03. The van der Waals surface area contributed by atoms with Gasteiger partial charge in [-0.15, -0.1) is 0 Å². The molecule has 1 saturated heterocycles. The van der Waals surface area contributed by atoms with Gasteiger partial charge in [0.2, 0.25) is 0 Å². The summed E-state index contributed by atoms with van der Waals surface area (Å²) in [5, 5.41) is 0. The molecule has 2 N–H and O–H groups in total. The molecule has 0 bridgehead atoms. The Morgan fingerprint density at radius 3 is 2.20 bits per heavy atom. The molecule has 3 nitrogen and oxygen atoms in total. The van der Waals surface area contributed by atoms with Crippen molar-refractivity contribution in [2.24, 2.45) is 11.7 Å². The van der Waals surface area contributed by atoms with Crippen molar-refractivity contribution in [3.8, 4) is 0 Å². The van der Waals surface area contributed by atoms with Crippen molar-refractivity contribution in [3.63, 3.8) is 0 Å². The lowest BCUT2D eigenvalue weighted by Crippen LogP contribution is -2.46. The summed E-state index contributed by atoms with van der Waals surface area (Å²) < 4.78 is 0. The number of likely N-dealkylation sites (N-methyl/N-ethyl adjacent to an activating group) is 1. The Bertz CT molecular complexity index is 172. The van der Waals surface area contributed by atoms with Gasteiger partial charge in [0.05, 0.1) is 0 Å². The maximum Gasteiger partial charge on any atom is 0.0197 e. The van der Waals surface area contributed by atoms with Gasteiger partial charge in [0.15, 0.2) is 0 Å². The Labute approximate surface area is 94.6 Å². The standard InChI is InChI=1S/C12H27N3/c1-10(2)15-7-5-11(6-8-15)12(13)9-14(3)4/h10-12H,5-9,13H2,1-4H3. The second-order valence-corrected chi connectivity index (χ2v) is 5.39. The van der Waals surface area contributed by atoms with Crippen LogP contribution in [0.3, 0.4) is 0 Å². The van der Waals surface area contributed by atoms with Crippen molar-refractivity contribution >= 4 is 0 Å². The van der Waals surface area contributed by atoms with E-state index in [1.165, 1.54) is 25.9 Å². The zero-order valence-corrected chi connectivity index (χ0v) is 10.7. The molecule has 0 aromatic rings. The highest BCUT2D eigenvalue weighted by Crippen LogP contribution is 2.21. The Morgan fingerprint density at radius 1 is 1.27 bits per heavy atom. The second-order valence-electron chi connectivity index (χ2n) is 5.39. The smallest absolute Gasteiger partial charge is 0.0197 e.